The van der Waals surface area contributed by atoms with Crippen LogP contribution in [0, 0.1) is 0 Å². The lowest BCUT2D eigenvalue weighted by Crippen LogP contribution is -2.29. The molecule has 174 valence electrons. The van der Waals surface area contributed by atoms with E-state index in [-0.39, 0.29) is 6.54 Å². The molecular weight excluding hydrogens is 410 g/mol. The Balaban J connectivity index is 3.46. The van der Waals surface area contributed by atoms with Crippen LogP contribution in [0.2, 0.25) is 0 Å². The number of hydrogen-bond acceptors (Lipinski definition) is 5. The Bertz CT molecular complexity index is 615. The van der Waals surface area contributed by atoms with Crippen molar-refractivity contribution in [3.05, 3.63) is 12.2 Å². The second kappa shape index (κ2) is 17.3. The van der Waals surface area contributed by atoms with Crippen LogP contribution in [0.25, 0.3) is 0 Å². The first-order valence-corrected chi connectivity index (χ1v) is 14.9. The maximum Gasteiger partial charge on any atom is 0.372 e. The van der Waals surface area contributed by atoms with Gasteiger partial charge in [-0.3, -0.25) is 4.55 Å². The van der Waals surface area contributed by atoms with Gasteiger partial charge in [0.2, 0.25) is 0 Å². The van der Waals surface area contributed by atoms with Crippen molar-refractivity contribution >= 4 is 18.0 Å². The van der Waals surface area contributed by atoms with Crippen LogP contribution < -0.4 is 0 Å². The highest BCUT2D eigenvalue weighted by molar-refractivity contribution is 8.64. The molecule has 29 heavy (non-hydrogen) atoms. The molecule has 0 aromatic heterocycles. The predicted molar refractivity (Wildman–Crippen MR) is 122 cm³/mol. The lowest BCUT2D eigenvalue weighted by Gasteiger charge is -2.15. The summed E-state index contributed by atoms with van der Waals surface area (Å²) in [5.41, 5.74) is 0. The molecule has 0 rings (SSSR count). The average molecular weight is 454 g/mol. The molecule has 0 aromatic rings. The average Bonchev–Trinajstić information content (AvgIpc) is 2.65. The maximum absolute atomic E-state index is 11.3. The second-order valence-corrected chi connectivity index (χ2v) is 13.1. The van der Waals surface area contributed by atoms with Gasteiger partial charge in [0.05, 0.1) is 5.75 Å². The monoisotopic (exact) mass is 453 g/mol. The van der Waals surface area contributed by atoms with Gasteiger partial charge >= 0.3 is 9.15 Å². The Morgan fingerprint density at radius 2 is 1.14 bits per heavy atom. The fourth-order valence-corrected chi connectivity index (χ4v) is 4.72. The predicted octanol–water partition coefficient (Wildman–Crippen LogP) is 5.17. The molecule has 0 unspecified atom stereocenters. The summed E-state index contributed by atoms with van der Waals surface area (Å²) in [6, 6.07) is 0. The zero-order valence-electron chi connectivity index (χ0n) is 18.5. The summed E-state index contributed by atoms with van der Waals surface area (Å²) in [6.45, 7) is 3.08. The molecule has 0 amide bonds. The Morgan fingerprint density at radius 3 is 1.62 bits per heavy atom. The van der Waals surface area contributed by atoms with Crippen molar-refractivity contribution in [2.75, 3.05) is 25.9 Å². The molecule has 0 aliphatic rings. The smallest absolute Gasteiger partial charge is 0.305 e. The van der Waals surface area contributed by atoms with Gasteiger partial charge < -0.3 is 4.90 Å². The van der Waals surface area contributed by atoms with Gasteiger partial charge in [-0.1, -0.05) is 76.9 Å². The lowest BCUT2D eigenvalue weighted by molar-refractivity contribution is 0.341. The summed E-state index contributed by atoms with van der Waals surface area (Å²) in [7, 11) is -7.72. The first-order chi connectivity index (χ1) is 13.7. The van der Waals surface area contributed by atoms with E-state index in [9.17, 15) is 16.8 Å². The van der Waals surface area contributed by atoms with Crippen LogP contribution in [0.15, 0.2) is 12.2 Å². The van der Waals surface area contributed by atoms with Crippen molar-refractivity contribution in [2.45, 2.75) is 96.8 Å². The third-order valence-electron chi connectivity index (χ3n) is 5.10. The van der Waals surface area contributed by atoms with E-state index in [4.69, 9.17) is 4.55 Å². The molecule has 0 saturated heterocycles. The van der Waals surface area contributed by atoms with Crippen molar-refractivity contribution < 1.29 is 21.4 Å². The van der Waals surface area contributed by atoms with Crippen LogP contribution in [-0.2, 0) is 18.0 Å². The molecular formula is C21H43NO5S2. The summed E-state index contributed by atoms with van der Waals surface area (Å²) >= 11 is 0. The van der Waals surface area contributed by atoms with E-state index in [0.29, 0.717) is 0 Å². The minimum atomic E-state index is -5.01. The van der Waals surface area contributed by atoms with E-state index in [1.807, 2.05) is 0 Å². The van der Waals surface area contributed by atoms with Crippen LogP contribution in [0.4, 0.5) is 0 Å². The highest BCUT2D eigenvalue weighted by atomic mass is 33.2. The van der Waals surface area contributed by atoms with Crippen molar-refractivity contribution in [1.82, 2.24) is 4.90 Å². The fourth-order valence-electron chi connectivity index (χ4n) is 3.11. The Kier molecular flexibility index (Phi) is 17.0. The van der Waals surface area contributed by atoms with E-state index < -0.39 is 23.8 Å². The molecule has 0 bridgehead atoms. The van der Waals surface area contributed by atoms with Crippen LogP contribution in [0.1, 0.15) is 96.8 Å². The van der Waals surface area contributed by atoms with Crippen molar-refractivity contribution in [2.24, 2.45) is 0 Å². The van der Waals surface area contributed by atoms with Crippen LogP contribution in [-0.4, -0.2) is 52.2 Å². The van der Waals surface area contributed by atoms with E-state index in [1.165, 1.54) is 77.0 Å². The van der Waals surface area contributed by atoms with Crippen LogP contribution in [0.5, 0.6) is 0 Å². The quantitative estimate of drug-likeness (QED) is 0.118. The van der Waals surface area contributed by atoms with Crippen LogP contribution >= 0.6 is 0 Å². The molecule has 0 fully saturated rings. The molecule has 0 spiro atoms. The minimum absolute atomic E-state index is 0.104. The summed E-state index contributed by atoms with van der Waals surface area (Å²) < 4.78 is 52.7. The van der Waals surface area contributed by atoms with Gasteiger partial charge in [0.1, 0.15) is 0 Å². The summed E-state index contributed by atoms with van der Waals surface area (Å²) in [4.78, 5) is 1.79. The van der Waals surface area contributed by atoms with Gasteiger partial charge in [0, 0.05) is 6.54 Å². The molecule has 0 aromatic carbocycles. The van der Waals surface area contributed by atoms with E-state index >= 15 is 0 Å². The van der Waals surface area contributed by atoms with Gasteiger partial charge in [-0.15, -0.1) is 0 Å². The standard InChI is InChI=1S/C21H43NO5S2/c1-3-4-5-6-7-8-9-10-11-12-13-14-15-16-17-18-19-22(2)20-21-28(23,24)29(25,26)27/h10-11H,3-9,12-21H2,1-2H3,(H,25,26,27). The summed E-state index contributed by atoms with van der Waals surface area (Å²) in [5, 5.41) is 0. The van der Waals surface area contributed by atoms with Crippen LogP contribution in [0.3, 0.4) is 0 Å². The van der Waals surface area contributed by atoms with E-state index in [2.05, 4.69) is 19.1 Å². The van der Waals surface area contributed by atoms with Crippen molar-refractivity contribution in [3.8, 4) is 0 Å². The molecule has 6 nitrogen and oxygen atoms in total. The Labute approximate surface area is 179 Å². The van der Waals surface area contributed by atoms with Crippen molar-refractivity contribution in [3.63, 3.8) is 0 Å². The number of allylic oxidation sites excluding steroid dienone is 2. The maximum atomic E-state index is 11.3. The molecule has 1 N–H and O–H groups in total. The molecule has 0 aliphatic heterocycles. The normalized spacial score (nSPS) is 13.0. The SMILES string of the molecule is CCCCCCCCC=CCCCCCCCCN(C)CCS(=O)(=O)S(=O)(=O)O. The number of hydrogen-bond donors (Lipinski definition) is 1. The van der Waals surface area contributed by atoms with Gasteiger partial charge in [0.25, 0.3) is 8.87 Å². The molecule has 0 radical (unpaired) electrons. The second-order valence-electron chi connectivity index (χ2n) is 7.93. The molecule has 8 heteroatoms. The van der Waals surface area contributed by atoms with Gasteiger partial charge in [-0.05, 0) is 45.7 Å². The third kappa shape index (κ3) is 17.0. The number of unbranched alkanes of at least 4 members (excludes halogenated alkanes) is 12. The summed E-state index contributed by atoms with van der Waals surface area (Å²) in [6.07, 6.45) is 22.0. The zero-order chi connectivity index (χ0) is 22.0. The van der Waals surface area contributed by atoms with Gasteiger partial charge in [0.15, 0.2) is 0 Å². The fraction of sp³-hybridized carbons (Fsp3) is 0.905. The first-order valence-electron chi connectivity index (χ1n) is 11.2. The minimum Gasteiger partial charge on any atom is -0.305 e. The Morgan fingerprint density at radius 1 is 0.690 bits per heavy atom. The zero-order valence-corrected chi connectivity index (χ0v) is 20.2. The van der Waals surface area contributed by atoms with Gasteiger partial charge in [-0.2, -0.15) is 8.42 Å². The highest BCUT2D eigenvalue weighted by Gasteiger charge is 2.26. The number of rotatable bonds is 20. The van der Waals surface area contributed by atoms with Gasteiger partial charge in [-0.25, -0.2) is 8.42 Å². The molecule has 0 aliphatic carbocycles. The topological polar surface area (TPSA) is 91.8 Å². The molecule has 0 saturated carbocycles. The van der Waals surface area contributed by atoms with E-state index in [0.717, 1.165) is 19.4 Å². The lowest BCUT2D eigenvalue weighted by atomic mass is 10.1. The molecule has 0 heterocycles. The largest absolute Gasteiger partial charge is 0.372 e. The van der Waals surface area contributed by atoms with E-state index in [1.54, 1.807) is 11.9 Å². The molecule has 0 atom stereocenters. The van der Waals surface area contributed by atoms with Crippen molar-refractivity contribution in [1.29, 1.82) is 0 Å². The third-order valence-corrected chi connectivity index (χ3v) is 8.85. The number of nitrogens with zero attached hydrogens (tertiary/aromatic N) is 1. The highest BCUT2D eigenvalue weighted by Crippen LogP contribution is 2.10. The first kappa shape index (κ1) is 28.6. The Hall–Kier alpha value is -0.440. The summed E-state index contributed by atoms with van der Waals surface area (Å²) in [5.74, 6) is -0.575.